The molecule has 0 spiro atoms. The maximum atomic E-state index is 5.94. The minimum Gasteiger partial charge on any atom is -0.381 e. The van der Waals surface area contributed by atoms with Crippen molar-refractivity contribution in [1.82, 2.24) is 19.7 Å². The first-order chi connectivity index (χ1) is 9.63. The summed E-state index contributed by atoms with van der Waals surface area (Å²) >= 11 is 0. The number of hydrogen-bond donors (Lipinski definition) is 2. The molecule has 0 unspecified atom stereocenters. The lowest BCUT2D eigenvalue weighted by atomic mass is 10.2. The highest BCUT2D eigenvalue weighted by molar-refractivity contribution is 5.79. The predicted molar refractivity (Wildman–Crippen MR) is 79.2 cm³/mol. The van der Waals surface area contributed by atoms with Crippen molar-refractivity contribution in [2.45, 2.75) is 13.5 Å². The molecule has 2 aromatic heterocycles. The van der Waals surface area contributed by atoms with Gasteiger partial charge in [-0.05, 0) is 19.1 Å². The van der Waals surface area contributed by atoms with Gasteiger partial charge in [0.15, 0.2) is 11.6 Å². The number of nitrogens with one attached hydrogen (secondary N) is 1. The lowest BCUT2D eigenvalue weighted by Crippen LogP contribution is -2.06. The van der Waals surface area contributed by atoms with Crippen LogP contribution in [-0.4, -0.2) is 19.7 Å². The summed E-state index contributed by atoms with van der Waals surface area (Å²) in [5, 5.41) is 7.53. The van der Waals surface area contributed by atoms with Gasteiger partial charge in [-0.3, -0.25) is 4.68 Å². The minimum atomic E-state index is 0.408. The summed E-state index contributed by atoms with van der Waals surface area (Å²) in [7, 11) is 1.90. The highest BCUT2D eigenvalue weighted by Crippen LogP contribution is 2.19. The second-order valence-corrected chi connectivity index (χ2v) is 4.71. The van der Waals surface area contributed by atoms with Crippen molar-refractivity contribution >= 4 is 22.7 Å². The van der Waals surface area contributed by atoms with Gasteiger partial charge in [0.05, 0.1) is 16.7 Å². The fourth-order valence-electron chi connectivity index (χ4n) is 2.14. The van der Waals surface area contributed by atoms with Crippen molar-refractivity contribution in [2.75, 3.05) is 11.1 Å². The first-order valence-electron chi connectivity index (χ1n) is 6.39. The molecular formula is C14H16N6. The van der Waals surface area contributed by atoms with Gasteiger partial charge in [0.2, 0.25) is 0 Å². The number of benzene rings is 1. The van der Waals surface area contributed by atoms with Crippen molar-refractivity contribution in [2.24, 2.45) is 7.05 Å². The molecule has 6 nitrogen and oxygen atoms in total. The van der Waals surface area contributed by atoms with Gasteiger partial charge in [0.25, 0.3) is 0 Å². The van der Waals surface area contributed by atoms with Crippen LogP contribution in [0.5, 0.6) is 0 Å². The van der Waals surface area contributed by atoms with Gasteiger partial charge in [-0.25, -0.2) is 9.97 Å². The van der Waals surface area contributed by atoms with Gasteiger partial charge < -0.3 is 11.1 Å². The number of aromatic nitrogens is 4. The molecule has 2 heterocycles. The molecule has 0 aliphatic rings. The first-order valence-corrected chi connectivity index (χ1v) is 6.39. The average molecular weight is 268 g/mol. The molecule has 0 atom stereocenters. The Morgan fingerprint density at radius 3 is 2.55 bits per heavy atom. The van der Waals surface area contributed by atoms with Crippen LogP contribution in [0.2, 0.25) is 0 Å². The van der Waals surface area contributed by atoms with E-state index < -0.39 is 0 Å². The molecule has 0 aliphatic heterocycles. The number of nitrogen functional groups attached to an aromatic ring is 1. The quantitative estimate of drug-likeness (QED) is 0.757. The van der Waals surface area contributed by atoms with Crippen LogP contribution in [0.4, 0.5) is 11.6 Å². The summed E-state index contributed by atoms with van der Waals surface area (Å²) in [5.41, 5.74) is 9.67. The van der Waals surface area contributed by atoms with E-state index in [-0.39, 0.29) is 0 Å². The lowest BCUT2D eigenvalue weighted by Gasteiger charge is -2.08. The zero-order valence-corrected chi connectivity index (χ0v) is 11.5. The zero-order chi connectivity index (χ0) is 14.1. The van der Waals surface area contributed by atoms with Crippen LogP contribution in [0, 0.1) is 6.92 Å². The number of anilines is 2. The standard InChI is InChI=1S/C14H16N6/c1-9-10(8-20(2)19-9)7-16-14-13(15)17-11-5-3-4-6-12(11)18-14/h3-6,8H,7H2,1-2H3,(H2,15,17)(H,16,18). The molecule has 1 aromatic carbocycles. The van der Waals surface area contributed by atoms with Crippen LogP contribution in [0.25, 0.3) is 11.0 Å². The van der Waals surface area contributed by atoms with Gasteiger partial charge in [-0.1, -0.05) is 12.1 Å². The first kappa shape index (κ1) is 12.4. The topological polar surface area (TPSA) is 81.7 Å². The lowest BCUT2D eigenvalue weighted by molar-refractivity contribution is 0.756. The monoisotopic (exact) mass is 268 g/mol. The fourth-order valence-corrected chi connectivity index (χ4v) is 2.14. The largest absolute Gasteiger partial charge is 0.381 e. The van der Waals surface area contributed by atoms with Crippen molar-refractivity contribution in [1.29, 1.82) is 0 Å². The predicted octanol–water partition coefficient (Wildman–Crippen LogP) is 1.87. The second kappa shape index (κ2) is 4.80. The number of aryl methyl sites for hydroxylation is 2. The minimum absolute atomic E-state index is 0.408. The highest BCUT2D eigenvalue weighted by Gasteiger charge is 2.07. The van der Waals surface area contributed by atoms with Crippen LogP contribution in [-0.2, 0) is 13.6 Å². The van der Waals surface area contributed by atoms with E-state index in [4.69, 9.17) is 5.73 Å². The van der Waals surface area contributed by atoms with Crippen molar-refractivity contribution in [3.63, 3.8) is 0 Å². The molecule has 102 valence electrons. The molecule has 0 amide bonds. The van der Waals surface area contributed by atoms with Crippen LogP contribution in [0.15, 0.2) is 30.5 Å². The molecule has 3 aromatic rings. The van der Waals surface area contributed by atoms with E-state index in [2.05, 4.69) is 20.4 Å². The maximum Gasteiger partial charge on any atom is 0.169 e. The third kappa shape index (κ3) is 2.27. The molecule has 0 saturated heterocycles. The Hall–Kier alpha value is -2.63. The third-order valence-corrected chi connectivity index (χ3v) is 3.16. The summed E-state index contributed by atoms with van der Waals surface area (Å²) in [6.45, 7) is 2.60. The maximum absolute atomic E-state index is 5.94. The SMILES string of the molecule is Cc1nn(C)cc1CNc1nc2ccccc2nc1N. The Labute approximate surface area is 116 Å². The number of rotatable bonds is 3. The molecule has 0 radical (unpaired) electrons. The Bertz CT molecular complexity index is 761. The third-order valence-electron chi connectivity index (χ3n) is 3.16. The Balaban J connectivity index is 1.87. The van der Waals surface area contributed by atoms with E-state index in [9.17, 15) is 0 Å². The van der Waals surface area contributed by atoms with E-state index in [0.29, 0.717) is 18.2 Å². The summed E-state index contributed by atoms with van der Waals surface area (Å²) in [4.78, 5) is 8.85. The fraction of sp³-hybridized carbons (Fsp3) is 0.214. The van der Waals surface area contributed by atoms with E-state index in [1.165, 1.54) is 0 Å². The Kier molecular flexibility index (Phi) is 2.98. The average Bonchev–Trinajstić information content (AvgIpc) is 2.74. The van der Waals surface area contributed by atoms with Crippen LogP contribution in [0.3, 0.4) is 0 Å². The van der Waals surface area contributed by atoms with Crippen molar-refractivity contribution < 1.29 is 0 Å². The van der Waals surface area contributed by atoms with E-state index in [1.807, 2.05) is 44.4 Å². The number of fused-ring (bicyclic) bond motifs is 1. The Morgan fingerprint density at radius 2 is 1.90 bits per heavy atom. The van der Waals surface area contributed by atoms with Crippen molar-refractivity contribution in [3.05, 3.63) is 41.7 Å². The molecule has 0 aliphatic carbocycles. The number of hydrogen-bond acceptors (Lipinski definition) is 5. The van der Waals surface area contributed by atoms with Gasteiger partial charge >= 0.3 is 0 Å². The molecule has 0 fully saturated rings. The summed E-state index contributed by atoms with van der Waals surface area (Å²) < 4.78 is 1.79. The van der Waals surface area contributed by atoms with Crippen molar-refractivity contribution in [3.8, 4) is 0 Å². The van der Waals surface area contributed by atoms with E-state index >= 15 is 0 Å². The van der Waals surface area contributed by atoms with Gasteiger partial charge in [-0.15, -0.1) is 0 Å². The number of para-hydroxylation sites is 2. The van der Waals surface area contributed by atoms with Crippen LogP contribution in [0.1, 0.15) is 11.3 Å². The summed E-state index contributed by atoms with van der Waals surface area (Å²) in [6, 6.07) is 7.67. The summed E-state index contributed by atoms with van der Waals surface area (Å²) in [5.74, 6) is 1.01. The number of nitrogens with zero attached hydrogens (tertiary/aromatic N) is 4. The molecule has 3 N–H and O–H groups in total. The molecular weight excluding hydrogens is 252 g/mol. The second-order valence-electron chi connectivity index (χ2n) is 4.71. The molecule has 20 heavy (non-hydrogen) atoms. The van der Waals surface area contributed by atoms with Crippen LogP contribution >= 0.6 is 0 Å². The zero-order valence-electron chi connectivity index (χ0n) is 11.5. The van der Waals surface area contributed by atoms with E-state index in [1.54, 1.807) is 4.68 Å². The molecule has 3 rings (SSSR count). The molecule has 6 heteroatoms. The van der Waals surface area contributed by atoms with Gasteiger partial charge in [-0.2, -0.15) is 5.10 Å². The van der Waals surface area contributed by atoms with Gasteiger partial charge in [0.1, 0.15) is 0 Å². The Morgan fingerprint density at radius 1 is 1.20 bits per heavy atom. The summed E-state index contributed by atoms with van der Waals surface area (Å²) in [6.07, 6.45) is 1.98. The number of nitrogens with two attached hydrogens (primary N) is 1. The molecule has 0 saturated carbocycles. The smallest absolute Gasteiger partial charge is 0.169 e. The normalized spacial score (nSPS) is 10.9. The van der Waals surface area contributed by atoms with E-state index in [0.717, 1.165) is 22.3 Å². The van der Waals surface area contributed by atoms with Crippen LogP contribution < -0.4 is 11.1 Å². The molecule has 0 bridgehead atoms. The van der Waals surface area contributed by atoms with Gasteiger partial charge in [0, 0.05) is 25.4 Å². The highest BCUT2D eigenvalue weighted by atomic mass is 15.3.